The van der Waals surface area contributed by atoms with Crippen molar-refractivity contribution in [3.8, 4) is 36.0 Å². The van der Waals surface area contributed by atoms with Crippen LogP contribution in [0.3, 0.4) is 0 Å². The van der Waals surface area contributed by atoms with Crippen molar-refractivity contribution >= 4 is 63.1 Å². The lowest BCUT2D eigenvalue weighted by molar-refractivity contribution is -0.132. The Morgan fingerprint density at radius 1 is 0.585 bits per heavy atom. The molecular weight excluding hydrogens is 853 g/mol. The number of nitrogens with zero attached hydrogens (tertiary/aromatic N) is 2. The fourth-order valence-corrected chi connectivity index (χ4v) is 12.9. The van der Waals surface area contributed by atoms with Crippen LogP contribution in [-0.4, -0.2) is 11.1 Å². The zero-order valence-electron chi connectivity index (χ0n) is 39.7. The van der Waals surface area contributed by atoms with E-state index in [9.17, 15) is 15.2 Å². The lowest BCUT2D eigenvalue weighted by Crippen LogP contribution is -2.09. The standard InChI is InChI=1S/C58H70N2O2S3/c1-7-13-22-41(10-4)33-45-36-54(63-53(45)39-48(40-59)58(61)62)56-47(35-43(12-6)24-15-9-3)38-55(65-56)57-46(34-42(11-5)23-14-8-2)37-52(64-57)44-29-31-51(32-30-44)60(49-25-18-16-19-26-49)50-27-20-17-21-28-50/h16-21,25-32,36-39,41-43H,7-15,22-24,33-35H2,1-6H3,(H,61,62)/b48-39-. The van der Waals surface area contributed by atoms with Gasteiger partial charge in [-0.2, -0.15) is 5.26 Å². The summed E-state index contributed by atoms with van der Waals surface area (Å²) in [5.74, 6) is 0.555. The second kappa shape index (κ2) is 25.2. The topological polar surface area (TPSA) is 64.3 Å². The fourth-order valence-electron chi connectivity index (χ4n) is 9.08. The van der Waals surface area contributed by atoms with Gasteiger partial charge in [-0.05, 0) is 120 Å². The summed E-state index contributed by atoms with van der Waals surface area (Å²) in [6.45, 7) is 13.8. The molecule has 7 heteroatoms. The van der Waals surface area contributed by atoms with E-state index in [4.69, 9.17) is 0 Å². The Hall–Kier alpha value is -4.74. The highest BCUT2D eigenvalue weighted by Gasteiger charge is 2.25. The highest BCUT2D eigenvalue weighted by Crippen LogP contribution is 2.49. The number of carboxylic acid groups (broad SMARTS) is 1. The SMILES string of the molecule is CCCCC(CC)Cc1cc(-c2sc(-c3sc(-c4ccc(N(c5ccccc5)c5ccccc5)cc4)cc3CC(CC)CCCC)cc2CC(CC)CCCC)sc1/C=C(/C#N)C(=O)O. The van der Waals surface area contributed by atoms with Gasteiger partial charge in [0.15, 0.2) is 0 Å². The van der Waals surface area contributed by atoms with Crippen molar-refractivity contribution in [2.45, 2.75) is 138 Å². The fraction of sp³-hybridized carbons (Fsp3) is 0.414. The summed E-state index contributed by atoms with van der Waals surface area (Å²) < 4.78 is 0. The number of anilines is 3. The van der Waals surface area contributed by atoms with E-state index in [0.717, 1.165) is 73.3 Å². The number of nitriles is 1. The van der Waals surface area contributed by atoms with Crippen LogP contribution in [0, 0.1) is 29.1 Å². The number of rotatable bonds is 26. The number of benzene rings is 3. The Bertz CT molecular complexity index is 2410. The Labute approximate surface area is 402 Å². The normalized spacial score (nSPS) is 13.1. The summed E-state index contributed by atoms with van der Waals surface area (Å²) in [7, 11) is 0. The molecule has 342 valence electrons. The summed E-state index contributed by atoms with van der Waals surface area (Å²) in [5.41, 5.74) is 8.43. The maximum absolute atomic E-state index is 12.2. The van der Waals surface area contributed by atoms with E-state index in [1.165, 1.54) is 91.6 Å². The minimum Gasteiger partial charge on any atom is -0.477 e. The van der Waals surface area contributed by atoms with E-state index in [1.807, 2.05) is 28.7 Å². The van der Waals surface area contributed by atoms with Crippen LogP contribution >= 0.6 is 34.0 Å². The van der Waals surface area contributed by atoms with E-state index in [0.29, 0.717) is 17.8 Å². The van der Waals surface area contributed by atoms with Crippen LogP contribution in [0.2, 0.25) is 0 Å². The molecule has 0 fully saturated rings. The van der Waals surface area contributed by atoms with E-state index in [2.05, 4.69) is 150 Å². The Kier molecular flexibility index (Phi) is 19.3. The summed E-state index contributed by atoms with van der Waals surface area (Å²) in [6.07, 6.45) is 18.8. The number of hydrogen-bond acceptors (Lipinski definition) is 6. The Morgan fingerprint density at radius 3 is 1.45 bits per heavy atom. The first-order chi connectivity index (χ1) is 31.7. The van der Waals surface area contributed by atoms with Gasteiger partial charge in [-0.1, -0.05) is 167 Å². The largest absolute Gasteiger partial charge is 0.477 e. The van der Waals surface area contributed by atoms with Crippen LogP contribution in [-0.2, 0) is 24.1 Å². The van der Waals surface area contributed by atoms with Crippen LogP contribution in [0.1, 0.15) is 140 Å². The molecule has 0 radical (unpaired) electrons. The van der Waals surface area contributed by atoms with Crippen LogP contribution in [0.5, 0.6) is 0 Å². The van der Waals surface area contributed by atoms with Crippen LogP contribution in [0.15, 0.2) is 109 Å². The molecule has 3 heterocycles. The van der Waals surface area contributed by atoms with Crippen molar-refractivity contribution in [1.82, 2.24) is 0 Å². The predicted octanol–water partition coefficient (Wildman–Crippen LogP) is 18.6. The van der Waals surface area contributed by atoms with E-state index < -0.39 is 5.97 Å². The molecule has 65 heavy (non-hydrogen) atoms. The molecule has 0 saturated heterocycles. The Balaban J connectivity index is 1.48. The van der Waals surface area contributed by atoms with Crippen LogP contribution in [0.4, 0.5) is 17.1 Å². The summed E-state index contributed by atoms with van der Waals surface area (Å²) in [4.78, 5) is 21.9. The maximum atomic E-state index is 12.2. The zero-order chi connectivity index (χ0) is 46.1. The first kappa shape index (κ1) is 49.7. The molecule has 3 aromatic heterocycles. The number of thiophene rings is 3. The molecule has 6 rings (SSSR count). The molecule has 6 aromatic rings. The van der Waals surface area contributed by atoms with Gasteiger partial charge in [0.25, 0.3) is 0 Å². The highest BCUT2D eigenvalue weighted by molar-refractivity contribution is 7.27. The molecule has 0 spiro atoms. The van der Waals surface area contributed by atoms with Gasteiger partial charge in [0, 0.05) is 46.3 Å². The minimum atomic E-state index is -1.17. The lowest BCUT2D eigenvalue weighted by Gasteiger charge is -2.25. The third-order valence-corrected chi connectivity index (χ3v) is 17.0. The molecule has 0 aliphatic rings. The summed E-state index contributed by atoms with van der Waals surface area (Å²) in [5, 5.41) is 19.8. The number of unbranched alkanes of at least 4 members (excludes halogenated alkanes) is 3. The third kappa shape index (κ3) is 13.2. The molecule has 0 saturated carbocycles. The molecule has 0 amide bonds. The smallest absolute Gasteiger partial charge is 0.346 e. The number of carboxylic acids is 1. The average Bonchev–Trinajstić information content (AvgIpc) is 4.07. The first-order valence-corrected chi connectivity index (χ1v) is 26.9. The molecule has 0 bridgehead atoms. The van der Waals surface area contributed by atoms with Crippen molar-refractivity contribution in [3.63, 3.8) is 0 Å². The highest BCUT2D eigenvalue weighted by atomic mass is 32.1. The quantitative estimate of drug-likeness (QED) is 0.0435. The van der Waals surface area contributed by atoms with E-state index in [1.54, 1.807) is 17.4 Å². The van der Waals surface area contributed by atoms with Gasteiger partial charge >= 0.3 is 5.97 Å². The molecule has 3 aromatic carbocycles. The average molecular weight is 923 g/mol. The van der Waals surface area contributed by atoms with Crippen LogP contribution in [0.25, 0.3) is 36.0 Å². The summed E-state index contributed by atoms with van der Waals surface area (Å²) in [6, 6.07) is 39.7. The number of aliphatic carboxylic acids is 1. The minimum absolute atomic E-state index is 0.204. The third-order valence-electron chi connectivity index (χ3n) is 13.1. The first-order valence-electron chi connectivity index (χ1n) is 24.5. The molecule has 1 N–H and O–H groups in total. The van der Waals surface area contributed by atoms with Crippen molar-refractivity contribution in [2.75, 3.05) is 4.90 Å². The van der Waals surface area contributed by atoms with Crippen LogP contribution < -0.4 is 4.90 Å². The Morgan fingerprint density at radius 2 is 1.00 bits per heavy atom. The predicted molar refractivity (Wildman–Crippen MR) is 283 cm³/mol. The molecule has 0 aliphatic heterocycles. The van der Waals surface area contributed by atoms with E-state index in [-0.39, 0.29) is 5.57 Å². The van der Waals surface area contributed by atoms with Gasteiger partial charge in [-0.3, -0.25) is 0 Å². The van der Waals surface area contributed by atoms with Gasteiger partial charge in [-0.25, -0.2) is 4.79 Å². The van der Waals surface area contributed by atoms with Crippen molar-refractivity contribution in [1.29, 1.82) is 5.26 Å². The van der Waals surface area contributed by atoms with Gasteiger partial charge in [-0.15, -0.1) is 34.0 Å². The van der Waals surface area contributed by atoms with Gasteiger partial charge in [0.2, 0.25) is 0 Å². The van der Waals surface area contributed by atoms with Gasteiger partial charge in [0.05, 0.1) is 0 Å². The zero-order valence-corrected chi connectivity index (χ0v) is 42.2. The maximum Gasteiger partial charge on any atom is 0.346 e. The molecule has 3 atom stereocenters. The molecule has 4 nitrogen and oxygen atoms in total. The van der Waals surface area contributed by atoms with Gasteiger partial charge < -0.3 is 10.0 Å². The van der Waals surface area contributed by atoms with Gasteiger partial charge in [0.1, 0.15) is 11.6 Å². The molecule has 3 unspecified atom stereocenters. The van der Waals surface area contributed by atoms with Crippen molar-refractivity contribution in [2.24, 2.45) is 17.8 Å². The monoisotopic (exact) mass is 922 g/mol. The van der Waals surface area contributed by atoms with E-state index >= 15 is 0 Å². The van der Waals surface area contributed by atoms with Crippen molar-refractivity contribution in [3.05, 3.63) is 130 Å². The second-order valence-corrected chi connectivity index (χ2v) is 21.0. The van der Waals surface area contributed by atoms with Crippen molar-refractivity contribution < 1.29 is 9.90 Å². The second-order valence-electron chi connectivity index (χ2n) is 17.8. The number of para-hydroxylation sites is 2. The summed E-state index contributed by atoms with van der Waals surface area (Å²) >= 11 is 5.53. The number of hydrogen-bond donors (Lipinski definition) is 1. The number of carbonyl (C=O) groups is 1. The molecule has 0 aliphatic carbocycles. The molecular formula is C58H70N2O2S3. The lowest BCUT2D eigenvalue weighted by atomic mass is 9.90.